The van der Waals surface area contributed by atoms with E-state index in [1.807, 2.05) is 0 Å². The molecule has 0 fully saturated rings. The van der Waals surface area contributed by atoms with Gasteiger partial charge in [0.2, 0.25) is 0 Å². The van der Waals surface area contributed by atoms with Crippen LogP contribution in [0.2, 0.25) is 0 Å². The lowest BCUT2D eigenvalue weighted by molar-refractivity contribution is -0.141. The Kier molecular flexibility index (Phi) is 3.66. The SMILES string of the molecule is NC(=O)c1cc(Nc2ccc(C(F)(F)F)nc2)ncc1N. The van der Waals surface area contributed by atoms with E-state index in [1.54, 1.807) is 0 Å². The molecule has 0 radical (unpaired) electrons. The molecular formula is C12H10F3N5O. The summed E-state index contributed by atoms with van der Waals surface area (Å²) in [6.07, 6.45) is -2.28. The molecule has 0 bridgehead atoms. The monoisotopic (exact) mass is 297 g/mol. The highest BCUT2D eigenvalue weighted by Gasteiger charge is 2.32. The number of nitrogens with one attached hydrogen (secondary N) is 1. The predicted molar refractivity (Wildman–Crippen MR) is 69.7 cm³/mol. The summed E-state index contributed by atoms with van der Waals surface area (Å²) in [6, 6.07) is 3.32. The molecule has 0 unspecified atom stereocenters. The highest BCUT2D eigenvalue weighted by Crippen LogP contribution is 2.28. The fraction of sp³-hybridized carbons (Fsp3) is 0.0833. The summed E-state index contributed by atoms with van der Waals surface area (Å²) in [7, 11) is 0. The molecular weight excluding hydrogens is 287 g/mol. The standard InChI is InChI=1S/C12H10F3N5O/c13-12(14,15)9-2-1-6(4-18-9)20-10-3-7(11(17)21)8(16)5-19-10/h1-5H,16H2,(H2,17,21)(H,19,20). The summed E-state index contributed by atoms with van der Waals surface area (Å²) in [6.45, 7) is 0. The topological polar surface area (TPSA) is 107 Å². The van der Waals surface area contributed by atoms with E-state index in [1.165, 1.54) is 18.3 Å². The molecule has 0 saturated carbocycles. The van der Waals surface area contributed by atoms with Gasteiger partial charge in [-0.25, -0.2) is 9.97 Å². The van der Waals surface area contributed by atoms with Crippen LogP contribution >= 0.6 is 0 Å². The Balaban J connectivity index is 2.22. The van der Waals surface area contributed by atoms with Crippen LogP contribution in [0.4, 0.5) is 30.4 Å². The number of carbonyl (C=O) groups excluding carboxylic acids is 1. The number of primary amides is 1. The van der Waals surface area contributed by atoms with Gasteiger partial charge in [-0.1, -0.05) is 0 Å². The van der Waals surface area contributed by atoms with Crippen molar-refractivity contribution in [1.82, 2.24) is 9.97 Å². The van der Waals surface area contributed by atoms with Crippen LogP contribution in [0.15, 0.2) is 30.6 Å². The van der Waals surface area contributed by atoms with Crippen molar-refractivity contribution >= 4 is 23.1 Å². The smallest absolute Gasteiger partial charge is 0.397 e. The number of nitrogens with zero attached hydrogens (tertiary/aromatic N) is 2. The molecule has 0 aliphatic carbocycles. The first-order valence-electron chi connectivity index (χ1n) is 5.63. The number of amides is 1. The molecule has 2 aromatic rings. The van der Waals surface area contributed by atoms with Gasteiger partial charge in [-0.3, -0.25) is 4.79 Å². The van der Waals surface area contributed by atoms with Gasteiger partial charge in [0, 0.05) is 0 Å². The number of pyridine rings is 2. The molecule has 0 aliphatic heterocycles. The number of aromatic nitrogens is 2. The lowest BCUT2D eigenvalue weighted by Crippen LogP contribution is -2.14. The molecule has 0 saturated heterocycles. The number of carbonyl (C=O) groups is 1. The quantitative estimate of drug-likeness (QED) is 0.802. The third-order valence-electron chi connectivity index (χ3n) is 2.53. The average molecular weight is 297 g/mol. The molecule has 2 rings (SSSR count). The van der Waals surface area contributed by atoms with Crippen molar-refractivity contribution in [3.8, 4) is 0 Å². The second-order valence-electron chi connectivity index (χ2n) is 4.08. The van der Waals surface area contributed by atoms with Crippen molar-refractivity contribution in [2.24, 2.45) is 5.73 Å². The highest BCUT2D eigenvalue weighted by atomic mass is 19.4. The van der Waals surface area contributed by atoms with Crippen LogP contribution in [0.3, 0.4) is 0 Å². The van der Waals surface area contributed by atoms with Gasteiger partial charge in [0.25, 0.3) is 5.91 Å². The molecule has 0 aliphatic rings. The number of nitrogen functional groups attached to an aromatic ring is 1. The van der Waals surface area contributed by atoms with Gasteiger partial charge < -0.3 is 16.8 Å². The molecule has 2 aromatic heterocycles. The number of halogens is 3. The first-order valence-corrected chi connectivity index (χ1v) is 5.63. The first-order chi connectivity index (χ1) is 9.77. The maximum atomic E-state index is 12.4. The van der Waals surface area contributed by atoms with Crippen LogP contribution < -0.4 is 16.8 Å². The summed E-state index contributed by atoms with van der Waals surface area (Å²) in [5, 5.41) is 2.70. The van der Waals surface area contributed by atoms with Gasteiger partial charge in [-0.15, -0.1) is 0 Å². The van der Waals surface area contributed by atoms with E-state index >= 15 is 0 Å². The third-order valence-corrected chi connectivity index (χ3v) is 2.53. The van der Waals surface area contributed by atoms with E-state index in [0.717, 1.165) is 12.3 Å². The minimum Gasteiger partial charge on any atom is -0.397 e. The lowest BCUT2D eigenvalue weighted by atomic mass is 10.2. The zero-order chi connectivity index (χ0) is 15.6. The average Bonchev–Trinajstić information content (AvgIpc) is 2.40. The zero-order valence-electron chi connectivity index (χ0n) is 10.5. The third kappa shape index (κ3) is 3.38. The molecule has 1 amide bonds. The molecule has 5 N–H and O–H groups in total. The summed E-state index contributed by atoms with van der Waals surface area (Å²) in [4.78, 5) is 18.3. The number of alkyl halides is 3. The summed E-state index contributed by atoms with van der Waals surface area (Å²) in [5.41, 5.74) is 10.1. The summed E-state index contributed by atoms with van der Waals surface area (Å²) < 4.78 is 37.1. The maximum Gasteiger partial charge on any atom is 0.433 e. The van der Waals surface area contributed by atoms with Crippen LogP contribution in [0, 0.1) is 0 Å². The van der Waals surface area contributed by atoms with Gasteiger partial charge in [-0.05, 0) is 18.2 Å². The predicted octanol–water partition coefficient (Wildman–Crippen LogP) is 1.92. The number of rotatable bonds is 3. The number of anilines is 3. The van der Waals surface area contributed by atoms with E-state index < -0.39 is 17.8 Å². The van der Waals surface area contributed by atoms with E-state index in [9.17, 15) is 18.0 Å². The summed E-state index contributed by atoms with van der Waals surface area (Å²) >= 11 is 0. The van der Waals surface area contributed by atoms with Gasteiger partial charge in [0.15, 0.2) is 0 Å². The molecule has 0 atom stereocenters. The molecule has 0 aromatic carbocycles. The molecule has 110 valence electrons. The normalized spacial score (nSPS) is 11.2. The van der Waals surface area contributed by atoms with Crippen molar-refractivity contribution in [1.29, 1.82) is 0 Å². The van der Waals surface area contributed by atoms with E-state index in [4.69, 9.17) is 11.5 Å². The van der Waals surface area contributed by atoms with E-state index in [2.05, 4.69) is 15.3 Å². The van der Waals surface area contributed by atoms with Crippen molar-refractivity contribution < 1.29 is 18.0 Å². The van der Waals surface area contributed by atoms with Crippen LogP contribution in [-0.2, 0) is 6.18 Å². The first kappa shape index (κ1) is 14.6. The zero-order valence-corrected chi connectivity index (χ0v) is 10.5. The number of hydrogen-bond donors (Lipinski definition) is 3. The van der Waals surface area contributed by atoms with Gasteiger partial charge in [0.1, 0.15) is 11.5 Å². The molecule has 6 nitrogen and oxygen atoms in total. The van der Waals surface area contributed by atoms with Crippen LogP contribution in [-0.4, -0.2) is 15.9 Å². The molecule has 21 heavy (non-hydrogen) atoms. The van der Waals surface area contributed by atoms with Crippen LogP contribution in [0.1, 0.15) is 16.1 Å². The highest BCUT2D eigenvalue weighted by molar-refractivity contribution is 5.98. The minimum absolute atomic E-state index is 0.0624. The second-order valence-corrected chi connectivity index (χ2v) is 4.08. The fourth-order valence-corrected chi connectivity index (χ4v) is 1.53. The van der Waals surface area contributed by atoms with Crippen LogP contribution in [0.5, 0.6) is 0 Å². The largest absolute Gasteiger partial charge is 0.433 e. The Morgan fingerprint density at radius 3 is 2.43 bits per heavy atom. The van der Waals surface area contributed by atoms with E-state index in [-0.39, 0.29) is 22.8 Å². The molecule has 9 heteroatoms. The fourth-order valence-electron chi connectivity index (χ4n) is 1.53. The van der Waals surface area contributed by atoms with Gasteiger partial charge >= 0.3 is 6.18 Å². The van der Waals surface area contributed by atoms with Crippen molar-refractivity contribution in [2.75, 3.05) is 11.1 Å². The molecule has 2 heterocycles. The van der Waals surface area contributed by atoms with Crippen molar-refractivity contribution in [3.05, 3.63) is 41.9 Å². The summed E-state index contributed by atoms with van der Waals surface area (Å²) in [5.74, 6) is -0.525. The molecule has 0 spiro atoms. The maximum absolute atomic E-state index is 12.4. The van der Waals surface area contributed by atoms with Gasteiger partial charge in [0.05, 0.1) is 29.3 Å². The van der Waals surface area contributed by atoms with Crippen molar-refractivity contribution in [3.63, 3.8) is 0 Å². The number of nitrogens with two attached hydrogens (primary N) is 2. The van der Waals surface area contributed by atoms with Crippen LogP contribution in [0.25, 0.3) is 0 Å². The second kappa shape index (κ2) is 5.27. The van der Waals surface area contributed by atoms with Gasteiger partial charge in [-0.2, -0.15) is 13.2 Å². The minimum atomic E-state index is -4.50. The number of hydrogen-bond acceptors (Lipinski definition) is 5. The van der Waals surface area contributed by atoms with E-state index in [0.29, 0.717) is 0 Å². The Morgan fingerprint density at radius 2 is 1.90 bits per heavy atom. The van der Waals surface area contributed by atoms with Crippen molar-refractivity contribution in [2.45, 2.75) is 6.18 Å². The Morgan fingerprint density at radius 1 is 1.19 bits per heavy atom. The Bertz CT molecular complexity index is 670. The lowest BCUT2D eigenvalue weighted by Gasteiger charge is -2.09. The Hall–Kier alpha value is -2.84. The Labute approximate surface area is 117 Å².